The molecule has 7 nitrogen and oxygen atoms in total. The topological polar surface area (TPSA) is 93.1 Å². The van der Waals surface area contributed by atoms with Crippen LogP contribution in [-0.4, -0.2) is 42.1 Å². The van der Waals surface area contributed by atoms with Gasteiger partial charge in [0, 0.05) is 23.8 Å². The molecule has 1 N–H and O–H groups in total. The van der Waals surface area contributed by atoms with Gasteiger partial charge in [-0.05, 0) is 31.5 Å². The molecule has 1 aliphatic rings. The van der Waals surface area contributed by atoms with Crippen LogP contribution < -0.4 is 9.64 Å². The van der Waals surface area contributed by atoms with Crippen molar-refractivity contribution in [2.24, 2.45) is 0 Å². The first-order valence-electron chi connectivity index (χ1n) is 9.43. The molecule has 7 heteroatoms. The Kier molecular flexibility index (Phi) is 6.16. The number of carboxylic acids is 1. The SMILES string of the molecule is CCOC(=O)COc1cccc2c1C(C(=O)C(=O)O)C(C)N2Cc1ccccc1. The van der Waals surface area contributed by atoms with Gasteiger partial charge in [-0.3, -0.25) is 4.79 Å². The van der Waals surface area contributed by atoms with Crippen LogP contribution in [0, 0.1) is 0 Å². The van der Waals surface area contributed by atoms with E-state index in [1.54, 1.807) is 19.1 Å². The lowest BCUT2D eigenvalue weighted by Crippen LogP contribution is -2.36. The molecule has 1 heterocycles. The van der Waals surface area contributed by atoms with Crippen molar-refractivity contribution < 1.29 is 29.0 Å². The number of esters is 1. The van der Waals surface area contributed by atoms with E-state index in [9.17, 15) is 19.5 Å². The minimum Gasteiger partial charge on any atom is -0.482 e. The second kappa shape index (κ2) is 8.77. The van der Waals surface area contributed by atoms with Gasteiger partial charge in [-0.15, -0.1) is 0 Å². The summed E-state index contributed by atoms with van der Waals surface area (Å²) in [4.78, 5) is 37.7. The molecule has 0 aromatic heterocycles. The third-order valence-electron chi connectivity index (χ3n) is 4.98. The van der Waals surface area contributed by atoms with Crippen LogP contribution in [0.4, 0.5) is 5.69 Å². The summed E-state index contributed by atoms with van der Waals surface area (Å²) in [6.45, 7) is 3.95. The molecule has 0 fully saturated rings. The summed E-state index contributed by atoms with van der Waals surface area (Å²) < 4.78 is 10.5. The lowest BCUT2D eigenvalue weighted by molar-refractivity contribution is -0.150. The standard InChI is InChI=1S/C22H23NO6/c1-3-28-18(24)13-29-17-11-7-10-16-20(17)19(21(25)22(26)27)14(2)23(16)12-15-8-5-4-6-9-15/h4-11,14,19H,3,12-13H2,1-2H3,(H,26,27). The van der Waals surface area contributed by atoms with Gasteiger partial charge in [0.1, 0.15) is 5.75 Å². The van der Waals surface area contributed by atoms with Crippen LogP contribution in [0.1, 0.15) is 30.9 Å². The van der Waals surface area contributed by atoms with E-state index in [2.05, 4.69) is 0 Å². The largest absolute Gasteiger partial charge is 0.482 e. The number of Topliss-reactive ketones (excluding diaryl/α,β-unsaturated/α-hetero) is 1. The highest BCUT2D eigenvalue weighted by Gasteiger charge is 2.44. The van der Waals surface area contributed by atoms with Crippen molar-refractivity contribution in [1.82, 2.24) is 0 Å². The van der Waals surface area contributed by atoms with E-state index in [0.717, 1.165) is 11.3 Å². The number of carbonyl (C=O) groups excluding carboxylic acids is 2. The maximum absolute atomic E-state index is 12.5. The van der Waals surface area contributed by atoms with E-state index >= 15 is 0 Å². The zero-order valence-electron chi connectivity index (χ0n) is 16.3. The van der Waals surface area contributed by atoms with Gasteiger partial charge in [-0.25, -0.2) is 9.59 Å². The van der Waals surface area contributed by atoms with Crippen molar-refractivity contribution in [3.63, 3.8) is 0 Å². The third-order valence-corrected chi connectivity index (χ3v) is 4.98. The summed E-state index contributed by atoms with van der Waals surface area (Å²) in [6, 6.07) is 14.6. The van der Waals surface area contributed by atoms with Crippen molar-refractivity contribution in [3.05, 3.63) is 59.7 Å². The highest BCUT2D eigenvalue weighted by atomic mass is 16.6. The Hall–Kier alpha value is -3.35. The van der Waals surface area contributed by atoms with Gasteiger partial charge < -0.3 is 19.5 Å². The molecule has 1 aliphatic heterocycles. The van der Waals surface area contributed by atoms with Crippen LogP contribution in [0.25, 0.3) is 0 Å². The highest BCUT2D eigenvalue weighted by molar-refractivity contribution is 6.35. The van der Waals surface area contributed by atoms with Crippen molar-refractivity contribution in [2.75, 3.05) is 18.1 Å². The van der Waals surface area contributed by atoms with Gasteiger partial charge in [0.15, 0.2) is 6.61 Å². The van der Waals surface area contributed by atoms with Crippen LogP contribution in [0.2, 0.25) is 0 Å². The van der Waals surface area contributed by atoms with Gasteiger partial charge in [0.2, 0.25) is 5.78 Å². The molecular weight excluding hydrogens is 374 g/mol. The quantitative estimate of drug-likeness (QED) is 0.541. The van der Waals surface area contributed by atoms with Crippen molar-refractivity contribution in [3.8, 4) is 5.75 Å². The molecule has 0 aliphatic carbocycles. The first-order valence-corrected chi connectivity index (χ1v) is 9.43. The maximum Gasteiger partial charge on any atom is 0.372 e. The molecule has 2 aromatic rings. The number of carboxylic acid groups (broad SMARTS) is 1. The Labute approximate surface area is 168 Å². The molecule has 2 aromatic carbocycles. The maximum atomic E-state index is 12.5. The number of aliphatic carboxylic acids is 1. The first-order chi connectivity index (χ1) is 13.9. The number of ketones is 1. The van der Waals surface area contributed by atoms with E-state index in [4.69, 9.17) is 9.47 Å². The van der Waals surface area contributed by atoms with Crippen LogP contribution in [0.15, 0.2) is 48.5 Å². The number of rotatable bonds is 8. The number of ether oxygens (including phenoxy) is 2. The fourth-order valence-electron chi connectivity index (χ4n) is 3.69. The average molecular weight is 397 g/mol. The number of nitrogens with zero attached hydrogens (tertiary/aromatic N) is 1. The highest BCUT2D eigenvalue weighted by Crippen LogP contribution is 2.47. The molecule has 3 rings (SSSR count). The predicted octanol–water partition coefficient (Wildman–Crippen LogP) is 2.77. The zero-order chi connectivity index (χ0) is 21.0. The van der Waals surface area contributed by atoms with E-state index in [-0.39, 0.29) is 19.3 Å². The van der Waals surface area contributed by atoms with E-state index < -0.39 is 23.6 Å². The summed E-state index contributed by atoms with van der Waals surface area (Å²) in [5.74, 6) is -3.50. The molecule has 2 unspecified atom stereocenters. The number of hydrogen-bond acceptors (Lipinski definition) is 6. The Balaban J connectivity index is 1.98. The van der Waals surface area contributed by atoms with Gasteiger partial charge in [0.25, 0.3) is 0 Å². The zero-order valence-corrected chi connectivity index (χ0v) is 16.3. The van der Waals surface area contributed by atoms with Gasteiger partial charge in [0.05, 0.1) is 12.5 Å². The fraction of sp³-hybridized carbons (Fsp3) is 0.318. The van der Waals surface area contributed by atoms with Crippen LogP contribution in [0.5, 0.6) is 5.75 Å². The van der Waals surface area contributed by atoms with E-state index in [1.807, 2.05) is 48.2 Å². The summed E-state index contributed by atoms with van der Waals surface area (Å²) in [7, 11) is 0. The molecule has 2 atom stereocenters. The number of fused-ring (bicyclic) bond motifs is 1. The summed E-state index contributed by atoms with van der Waals surface area (Å²) >= 11 is 0. The Bertz CT molecular complexity index is 911. The van der Waals surface area contributed by atoms with Crippen LogP contribution >= 0.6 is 0 Å². The second-order valence-corrected chi connectivity index (χ2v) is 6.78. The van der Waals surface area contributed by atoms with E-state index in [1.165, 1.54) is 0 Å². The Morgan fingerprint density at radius 3 is 2.45 bits per heavy atom. The first kappa shape index (κ1) is 20.4. The number of benzene rings is 2. The second-order valence-electron chi connectivity index (χ2n) is 6.78. The van der Waals surface area contributed by atoms with Gasteiger partial charge in [-0.2, -0.15) is 0 Å². The molecule has 152 valence electrons. The van der Waals surface area contributed by atoms with Gasteiger partial charge >= 0.3 is 11.9 Å². The number of carbonyl (C=O) groups is 3. The Morgan fingerprint density at radius 1 is 1.07 bits per heavy atom. The molecular formula is C22H23NO6. The molecule has 0 amide bonds. The molecule has 0 saturated heterocycles. The number of anilines is 1. The van der Waals surface area contributed by atoms with Crippen LogP contribution in [0.3, 0.4) is 0 Å². The molecule has 29 heavy (non-hydrogen) atoms. The van der Waals surface area contributed by atoms with Crippen molar-refractivity contribution in [1.29, 1.82) is 0 Å². The summed E-state index contributed by atoms with van der Waals surface area (Å²) in [5.41, 5.74) is 2.25. The smallest absolute Gasteiger partial charge is 0.372 e. The molecule has 0 bridgehead atoms. The molecule has 0 saturated carbocycles. The average Bonchev–Trinajstić information content (AvgIpc) is 2.99. The minimum atomic E-state index is -1.49. The molecule has 0 spiro atoms. The monoisotopic (exact) mass is 397 g/mol. The number of hydrogen-bond donors (Lipinski definition) is 1. The minimum absolute atomic E-state index is 0.233. The van der Waals surface area contributed by atoms with Crippen LogP contribution in [-0.2, 0) is 25.7 Å². The fourth-order valence-corrected chi connectivity index (χ4v) is 3.69. The predicted molar refractivity (Wildman–Crippen MR) is 106 cm³/mol. The lowest BCUT2D eigenvalue weighted by Gasteiger charge is -2.26. The van der Waals surface area contributed by atoms with Crippen molar-refractivity contribution >= 4 is 23.4 Å². The third kappa shape index (κ3) is 4.23. The summed E-state index contributed by atoms with van der Waals surface area (Å²) in [5, 5.41) is 9.36. The lowest BCUT2D eigenvalue weighted by atomic mass is 9.90. The van der Waals surface area contributed by atoms with Crippen molar-refractivity contribution in [2.45, 2.75) is 32.4 Å². The molecule has 0 radical (unpaired) electrons. The summed E-state index contributed by atoms with van der Waals surface area (Å²) in [6.07, 6.45) is 0. The normalized spacial score (nSPS) is 17.5. The Morgan fingerprint density at radius 2 is 1.79 bits per heavy atom. The van der Waals surface area contributed by atoms with E-state index in [0.29, 0.717) is 17.9 Å². The van der Waals surface area contributed by atoms with Gasteiger partial charge in [-0.1, -0.05) is 36.4 Å².